The molecule has 20 heavy (non-hydrogen) atoms. The fraction of sp³-hybridized carbons (Fsp3) is 0.400. The van der Waals surface area contributed by atoms with E-state index in [0.717, 1.165) is 36.7 Å². The number of aromatic nitrogens is 3. The number of likely N-dealkylation sites (tertiary alicyclic amines) is 1. The van der Waals surface area contributed by atoms with Crippen LogP contribution < -0.4 is 0 Å². The van der Waals surface area contributed by atoms with E-state index in [1.807, 2.05) is 40.8 Å². The second kappa shape index (κ2) is 5.07. The fourth-order valence-electron chi connectivity index (χ4n) is 2.83. The lowest BCUT2D eigenvalue weighted by Crippen LogP contribution is -2.28. The van der Waals surface area contributed by atoms with Crippen LogP contribution in [0.5, 0.6) is 0 Å². The molecule has 5 heteroatoms. The number of nitrogens with zero attached hydrogens (tertiary/aromatic N) is 4. The van der Waals surface area contributed by atoms with Gasteiger partial charge in [0.1, 0.15) is 11.6 Å². The minimum atomic E-state index is 0.108. The van der Waals surface area contributed by atoms with Crippen molar-refractivity contribution >= 4 is 5.91 Å². The third-order valence-electron chi connectivity index (χ3n) is 3.83. The molecule has 0 saturated carbocycles. The zero-order chi connectivity index (χ0) is 14.1. The first-order valence-electron chi connectivity index (χ1n) is 6.91. The molecule has 0 bridgehead atoms. The second-order valence-electron chi connectivity index (χ2n) is 5.14. The quantitative estimate of drug-likeness (QED) is 0.841. The van der Waals surface area contributed by atoms with E-state index in [4.69, 9.17) is 4.98 Å². The highest BCUT2D eigenvalue weighted by Gasteiger charge is 2.28. The number of carbonyl (C=O) groups is 1. The van der Waals surface area contributed by atoms with E-state index in [1.54, 1.807) is 13.1 Å². The minimum absolute atomic E-state index is 0.108. The Hall–Kier alpha value is -2.17. The molecule has 2 aromatic rings. The molecule has 2 aromatic heterocycles. The van der Waals surface area contributed by atoms with E-state index in [9.17, 15) is 4.79 Å². The maximum Gasteiger partial charge on any atom is 0.220 e. The minimum Gasteiger partial charge on any atom is -0.334 e. The van der Waals surface area contributed by atoms with E-state index < -0.39 is 0 Å². The molecule has 1 atom stereocenters. The van der Waals surface area contributed by atoms with Gasteiger partial charge in [0.25, 0.3) is 0 Å². The summed E-state index contributed by atoms with van der Waals surface area (Å²) < 4.78 is 1.95. The number of amides is 1. The Kier molecular flexibility index (Phi) is 3.26. The summed E-state index contributed by atoms with van der Waals surface area (Å²) in [6.07, 6.45) is 5.69. The smallest absolute Gasteiger partial charge is 0.220 e. The number of hydrogen-bond acceptors (Lipinski definition) is 3. The van der Waals surface area contributed by atoms with Crippen LogP contribution in [-0.2, 0) is 4.79 Å². The van der Waals surface area contributed by atoms with E-state index in [0.29, 0.717) is 0 Å². The average Bonchev–Trinajstić information content (AvgIpc) is 3.07. The molecule has 3 rings (SSSR count). The predicted octanol–water partition coefficient (Wildman–Crippen LogP) is 2.26. The number of pyridine rings is 1. The number of carbonyl (C=O) groups excluding carboxylic acids is 1. The molecule has 1 fully saturated rings. The summed E-state index contributed by atoms with van der Waals surface area (Å²) in [6, 6.07) is 6.07. The lowest BCUT2D eigenvalue weighted by Gasteiger charge is -2.23. The summed E-state index contributed by atoms with van der Waals surface area (Å²) in [7, 11) is 0. The summed E-state index contributed by atoms with van der Waals surface area (Å²) >= 11 is 0. The van der Waals surface area contributed by atoms with Crippen molar-refractivity contribution in [1.29, 1.82) is 0 Å². The largest absolute Gasteiger partial charge is 0.334 e. The van der Waals surface area contributed by atoms with Gasteiger partial charge in [0.15, 0.2) is 0 Å². The van der Waals surface area contributed by atoms with Gasteiger partial charge in [-0.25, -0.2) is 9.97 Å². The first kappa shape index (κ1) is 12.8. The number of hydrogen-bond donors (Lipinski definition) is 0. The molecule has 0 N–H and O–H groups in total. The maximum atomic E-state index is 11.7. The summed E-state index contributed by atoms with van der Waals surface area (Å²) in [4.78, 5) is 22.5. The molecular weight excluding hydrogens is 252 g/mol. The Morgan fingerprint density at radius 1 is 1.40 bits per heavy atom. The van der Waals surface area contributed by atoms with Gasteiger partial charge in [-0.3, -0.25) is 9.36 Å². The summed E-state index contributed by atoms with van der Waals surface area (Å²) in [5.74, 6) is 1.89. The number of imidazole rings is 1. The van der Waals surface area contributed by atoms with Gasteiger partial charge < -0.3 is 4.90 Å². The third kappa shape index (κ3) is 2.19. The van der Waals surface area contributed by atoms with Crippen molar-refractivity contribution in [3.05, 3.63) is 42.1 Å². The lowest BCUT2D eigenvalue weighted by molar-refractivity contribution is -0.129. The standard InChI is InChI=1S/C15H18N4O/c1-11-16-8-10-18(11)15-7-3-5-13(17-15)14-6-4-9-19(14)12(2)20/h3,5,7-8,10,14H,4,6,9H2,1-2H3. The first-order chi connectivity index (χ1) is 9.66. The van der Waals surface area contributed by atoms with Crippen molar-refractivity contribution in [2.45, 2.75) is 32.7 Å². The van der Waals surface area contributed by atoms with Crippen molar-refractivity contribution in [3.8, 4) is 5.82 Å². The van der Waals surface area contributed by atoms with Crippen LogP contribution in [-0.4, -0.2) is 31.9 Å². The van der Waals surface area contributed by atoms with Crippen LogP contribution in [0.3, 0.4) is 0 Å². The Morgan fingerprint density at radius 2 is 2.25 bits per heavy atom. The molecule has 1 aliphatic rings. The molecule has 0 aliphatic carbocycles. The van der Waals surface area contributed by atoms with Crippen LogP contribution in [0.4, 0.5) is 0 Å². The molecule has 0 radical (unpaired) electrons. The second-order valence-corrected chi connectivity index (χ2v) is 5.14. The normalized spacial score (nSPS) is 18.5. The van der Waals surface area contributed by atoms with Crippen molar-refractivity contribution in [2.24, 2.45) is 0 Å². The zero-order valence-corrected chi connectivity index (χ0v) is 11.8. The first-order valence-corrected chi connectivity index (χ1v) is 6.91. The van der Waals surface area contributed by atoms with Gasteiger partial charge in [-0.1, -0.05) is 6.07 Å². The van der Waals surface area contributed by atoms with Gasteiger partial charge in [-0.05, 0) is 31.9 Å². The SMILES string of the molecule is CC(=O)N1CCCC1c1cccc(-n2ccnc2C)n1. The maximum absolute atomic E-state index is 11.7. The van der Waals surface area contributed by atoms with Crippen LogP contribution in [0.2, 0.25) is 0 Å². The molecule has 1 aliphatic heterocycles. The summed E-state index contributed by atoms with van der Waals surface area (Å²) in [5.41, 5.74) is 0.961. The Bertz CT molecular complexity index is 634. The van der Waals surface area contributed by atoms with Gasteiger partial charge >= 0.3 is 0 Å². The molecular formula is C15H18N4O. The zero-order valence-electron chi connectivity index (χ0n) is 11.8. The van der Waals surface area contributed by atoms with Crippen molar-refractivity contribution < 1.29 is 4.79 Å². The molecule has 5 nitrogen and oxygen atoms in total. The molecule has 1 amide bonds. The van der Waals surface area contributed by atoms with Crippen LogP contribution in [0, 0.1) is 6.92 Å². The summed E-state index contributed by atoms with van der Waals surface area (Å²) in [6.45, 7) is 4.41. The molecule has 104 valence electrons. The van der Waals surface area contributed by atoms with Crippen LogP contribution in [0.1, 0.15) is 37.3 Å². The highest BCUT2D eigenvalue weighted by molar-refractivity contribution is 5.74. The molecule has 1 unspecified atom stereocenters. The van der Waals surface area contributed by atoms with Gasteiger partial charge in [0, 0.05) is 25.9 Å². The number of rotatable bonds is 2. The molecule has 0 spiro atoms. The van der Waals surface area contributed by atoms with E-state index >= 15 is 0 Å². The lowest BCUT2D eigenvalue weighted by atomic mass is 10.1. The van der Waals surface area contributed by atoms with Crippen LogP contribution in [0.25, 0.3) is 5.82 Å². The Labute approximate surface area is 118 Å². The van der Waals surface area contributed by atoms with Crippen molar-refractivity contribution in [3.63, 3.8) is 0 Å². The average molecular weight is 270 g/mol. The molecule has 0 aromatic carbocycles. The fourth-order valence-corrected chi connectivity index (χ4v) is 2.83. The highest BCUT2D eigenvalue weighted by Crippen LogP contribution is 2.31. The Morgan fingerprint density at radius 3 is 2.95 bits per heavy atom. The summed E-state index contributed by atoms with van der Waals surface area (Å²) in [5, 5.41) is 0. The van der Waals surface area contributed by atoms with Gasteiger partial charge in [0.05, 0.1) is 11.7 Å². The van der Waals surface area contributed by atoms with Gasteiger partial charge in [-0.2, -0.15) is 0 Å². The Balaban J connectivity index is 1.96. The topological polar surface area (TPSA) is 51.0 Å². The third-order valence-corrected chi connectivity index (χ3v) is 3.83. The van der Waals surface area contributed by atoms with E-state index in [-0.39, 0.29) is 11.9 Å². The van der Waals surface area contributed by atoms with Gasteiger partial charge in [0.2, 0.25) is 5.91 Å². The van der Waals surface area contributed by atoms with E-state index in [1.165, 1.54) is 0 Å². The van der Waals surface area contributed by atoms with Crippen molar-refractivity contribution in [1.82, 2.24) is 19.4 Å². The van der Waals surface area contributed by atoms with Crippen LogP contribution >= 0.6 is 0 Å². The van der Waals surface area contributed by atoms with Crippen molar-refractivity contribution in [2.75, 3.05) is 6.54 Å². The predicted molar refractivity (Wildman–Crippen MR) is 75.5 cm³/mol. The van der Waals surface area contributed by atoms with E-state index in [2.05, 4.69) is 4.98 Å². The highest BCUT2D eigenvalue weighted by atomic mass is 16.2. The van der Waals surface area contributed by atoms with Crippen LogP contribution in [0.15, 0.2) is 30.6 Å². The molecule has 3 heterocycles. The monoisotopic (exact) mass is 270 g/mol. The van der Waals surface area contributed by atoms with Gasteiger partial charge in [-0.15, -0.1) is 0 Å². The molecule has 1 saturated heterocycles. The number of aryl methyl sites for hydroxylation is 1.